The van der Waals surface area contributed by atoms with E-state index >= 15 is 0 Å². The molecule has 0 aliphatic heterocycles. The van der Waals surface area contributed by atoms with Crippen molar-refractivity contribution in [1.82, 2.24) is 17.5 Å². The zero-order valence-electron chi connectivity index (χ0n) is 67.3. The molecule has 0 spiro atoms. The number of benzene rings is 3. The van der Waals surface area contributed by atoms with Crippen LogP contribution in [0.15, 0.2) is 40.6 Å². The van der Waals surface area contributed by atoms with Gasteiger partial charge in [-0.25, -0.2) is 0 Å². The van der Waals surface area contributed by atoms with Crippen LogP contribution in [0.1, 0.15) is 432 Å². The normalized spacial score (nSPS) is 13.8. The Morgan fingerprint density at radius 2 is 0.606 bits per heavy atom. The van der Waals surface area contributed by atoms with Crippen LogP contribution in [0.5, 0.6) is 0 Å². The van der Waals surface area contributed by atoms with E-state index in [1.807, 2.05) is 11.3 Å². The second-order valence-electron chi connectivity index (χ2n) is 32.9. The Morgan fingerprint density at radius 3 is 0.981 bits per heavy atom. The summed E-state index contributed by atoms with van der Waals surface area (Å²) in [6.45, 7) is 18.7. The SMILES string of the molecule is CCCCCCCCCCCCCCC1(CCCCCCCCCCCCCC)c2cc3c(cc2-c2c1cc(C)c1nsnc21)C(CCCCCCCCCCCCCC)(CCCCCCCCCCCCCC)c1cc(-c2cc4c(s2)-c2sc(C)cc2C4=C(SCCC)SCCC)c2nsnc2c1-3. The first-order chi connectivity index (χ1) is 51.3. The van der Waals surface area contributed by atoms with Gasteiger partial charge >= 0.3 is 0 Å². The van der Waals surface area contributed by atoms with E-state index in [1.165, 1.54) is 450 Å². The molecule has 4 heterocycles. The minimum Gasteiger partial charge on any atom is -0.173 e. The summed E-state index contributed by atoms with van der Waals surface area (Å²) in [5, 5.41) is 0. The van der Waals surface area contributed by atoms with Crippen molar-refractivity contribution in [3.63, 3.8) is 0 Å². The van der Waals surface area contributed by atoms with Gasteiger partial charge in [0.1, 0.15) is 22.1 Å². The lowest BCUT2D eigenvalue weighted by Crippen LogP contribution is -2.27. The monoisotopic (exact) mass is 1520 g/mol. The molecular formula is C94H142N4S6. The maximum atomic E-state index is 5.63. The lowest BCUT2D eigenvalue weighted by molar-refractivity contribution is 0.393. The van der Waals surface area contributed by atoms with E-state index < -0.39 is 0 Å². The van der Waals surface area contributed by atoms with Gasteiger partial charge in [-0.2, -0.15) is 17.5 Å². The molecule has 4 nitrogen and oxygen atoms in total. The Hall–Kier alpha value is -2.86. The third-order valence-electron chi connectivity index (χ3n) is 24.5. The predicted octanol–water partition coefficient (Wildman–Crippen LogP) is 34.0. The lowest BCUT2D eigenvalue weighted by Gasteiger charge is -2.35. The van der Waals surface area contributed by atoms with Crippen molar-refractivity contribution < 1.29 is 0 Å². The number of nitrogens with zero attached hydrogens (tertiary/aromatic N) is 4. The van der Waals surface area contributed by atoms with E-state index in [-0.39, 0.29) is 10.8 Å². The largest absolute Gasteiger partial charge is 0.173 e. The first kappa shape index (κ1) is 83.6. The summed E-state index contributed by atoms with van der Waals surface area (Å²) in [6, 6.07) is 16.3. The zero-order valence-corrected chi connectivity index (χ0v) is 72.2. The summed E-state index contributed by atoms with van der Waals surface area (Å²) >= 11 is 11.2. The fraction of sp³-hybridized carbons (Fsp3) is 0.702. The van der Waals surface area contributed by atoms with Crippen LogP contribution < -0.4 is 0 Å². The maximum Gasteiger partial charge on any atom is 0.114 e. The molecule has 3 aliphatic rings. The molecule has 3 aromatic carbocycles. The van der Waals surface area contributed by atoms with Gasteiger partial charge in [0.25, 0.3) is 0 Å². The van der Waals surface area contributed by atoms with E-state index in [9.17, 15) is 0 Å². The van der Waals surface area contributed by atoms with Gasteiger partial charge < -0.3 is 0 Å². The Labute approximate surface area is 660 Å². The summed E-state index contributed by atoms with van der Waals surface area (Å²) in [7, 11) is 0. The van der Waals surface area contributed by atoms with Crippen molar-refractivity contribution in [3.05, 3.63) is 84.5 Å². The molecule has 0 unspecified atom stereocenters. The van der Waals surface area contributed by atoms with Crippen LogP contribution in [0.2, 0.25) is 0 Å². The van der Waals surface area contributed by atoms with Crippen molar-refractivity contribution in [3.8, 4) is 42.4 Å². The molecule has 0 saturated carbocycles. The Bertz CT molecular complexity index is 3600. The van der Waals surface area contributed by atoms with Crippen LogP contribution in [0.25, 0.3) is 70.1 Å². The van der Waals surface area contributed by atoms with E-state index in [2.05, 4.69) is 127 Å². The number of aromatic nitrogens is 4. The Balaban J connectivity index is 1.07. The average molecular weight is 1520 g/mol. The lowest BCUT2D eigenvalue weighted by atomic mass is 9.68. The molecule has 574 valence electrons. The van der Waals surface area contributed by atoms with E-state index in [1.54, 1.807) is 22.3 Å². The van der Waals surface area contributed by atoms with Gasteiger partial charge in [-0.15, -0.1) is 46.2 Å². The van der Waals surface area contributed by atoms with Crippen molar-refractivity contribution in [2.75, 3.05) is 11.5 Å². The third-order valence-corrected chi connectivity index (χ3v) is 30.8. The van der Waals surface area contributed by atoms with E-state index in [0.717, 1.165) is 28.1 Å². The average Bonchev–Trinajstić information content (AvgIpc) is 1.52. The third kappa shape index (κ3) is 21.8. The molecule has 4 aromatic heterocycles. The predicted molar refractivity (Wildman–Crippen MR) is 471 cm³/mol. The van der Waals surface area contributed by atoms with Gasteiger partial charge in [0.15, 0.2) is 0 Å². The van der Waals surface area contributed by atoms with Crippen LogP contribution in [0, 0.1) is 13.8 Å². The molecule has 10 heteroatoms. The highest BCUT2D eigenvalue weighted by Crippen LogP contribution is 2.65. The van der Waals surface area contributed by atoms with Gasteiger partial charge in [-0.1, -0.05) is 356 Å². The molecule has 0 fully saturated rings. The summed E-state index contributed by atoms with van der Waals surface area (Å²) in [5.74, 6) is 2.30. The molecule has 0 atom stereocenters. The molecule has 0 N–H and O–H groups in total. The smallest absolute Gasteiger partial charge is 0.114 e. The van der Waals surface area contributed by atoms with Gasteiger partial charge in [-0.3, -0.25) is 0 Å². The Kier molecular flexibility index (Phi) is 36.5. The fourth-order valence-corrected chi connectivity index (χ4v) is 24.6. The molecule has 104 heavy (non-hydrogen) atoms. The molecule has 10 rings (SSSR count). The Morgan fingerprint density at radius 1 is 0.298 bits per heavy atom. The number of aryl methyl sites for hydroxylation is 2. The molecule has 0 radical (unpaired) electrons. The summed E-state index contributed by atoms with van der Waals surface area (Å²) < 4.78 is 23.2. The highest BCUT2D eigenvalue weighted by Gasteiger charge is 2.50. The fourth-order valence-electron chi connectivity index (χ4n) is 18.7. The summed E-state index contributed by atoms with van der Waals surface area (Å²) in [6.07, 6.45) is 73.0. The van der Waals surface area contributed by atoms with E-state index in [4.69, 9.17) is 17.5 Å². The number of thioether (sulfide) groups is 2. The molecule has 7 aromatic rings. The summed E-state index contributed by atoms with van der Waals surface area (Å²) in [5.41, 5.74) is 23.6. The van der Waals surface area contributed by atoms with Gasteiger partial charge in [0.05, 0.1) is 33.2 Å². The summed E-state index contributed by atoms with van der Waals surface area (Å²) in [4.78, 5) is 5.74. The van der Waals surface area contributed by atoms with Gasteiger partial charge in [-0.05, 0) is 133 Å². The maximum absolute atomic E-state index is 5.63. The standard InChI is InChI=1S/C94H142N4S6/c1-9-15-19-23-27-31-35-39-43-47-51-55-59-93(60-56-52-48-44-40-36-32-28-24-20-16-10-2)78-68-74-79(67-73(78)84-80(93)65-71(7)86-88(84)97-103-95-86)94(61-57-53-49-45-41-37-33-29-25-21-17-11-3,62-58-54-50-46-42-38-34-30-26-22-18-12-4)81-69-75(87-89(85(74)81)98-104-96-87)82-70-77-83(92(99-63-13-5)100-64-14-6)76-66-72(8)101-90(76)91(77)102-82/h65-70H,9-64H2,1-8H3. The molecule has 0 amide bonds. The van der Waals surface area contributed by atoms with Crippen molar-refractivity contribution in [2.45, 2.75) is 413 Å². The van der Waals surface area contributed by atoms with Crippen LogP contribution >= 0.6 is 69.7 Å². The van der Waals surface area contributed by atoms with Crippen LogP contribution in [-0.4, -0.2) is 29.0 Å². The quantitative estimate of drug-likeness (QED) is 0.0354. The highest BCUT2D eigenvalue weighted by atomic mass is 32.2. The van der Waals surface area contributed by atoms with Crippen molar-refractivity contribution in [1.29, 1.82) is 0 Å². The second kappa shape index (κ2) is 45.5. The number of unbranched alkanes of at least 4 members (excludes halogenated alkanes) is 44. The van der Waals surface area contributed by atoms with Crippen molar-refractivity contribution in [2.24, 2.45) is 0 Å². The highest BCUT2D eigenvalue weighted by molar-refractivity contribution is 8.22. The van der Waals surface area contributed by atoms with Gasteiger partial charge in [0.2, 0.25) is 0 Å². The zero-order chi connectivity index (χ0) is 72.6. The number of fused-ring (bicyclic) bond motifs is 13. The minimum atomic E-state index is -0.159. The topological polar surface area (TPSA) is 51.6 Å². The van der Waals surface area contributed by atoms with Crippen LogP contribution in [0.3, 0.4) is 0 Å². The molecule has 3 aliphatic carbocycles. The number of hydrogen-bond acceptors (Lipinski definition) is 10. The first-order valence-corrected chi connectivity index (χ1v) is 49.4. The van der Waals surface area contributed by atoms with Crippen molar-refractivity contribution >= 4 is 97.3 Å². The minimum absolute atomic E-state index is 0.0967. The molecule has 0 saturated heterocycles. The van der Waals surface area contributed by atoms with Crippen LogP contribution in [-0.2, 0) is 10.8 Å². The van der Waals surface area contributed by atoms with Gasteiger partial charge in [0, 0.05) is 58.2 Å². The second-order valence-corrected chi connectivity index (χ2v) is 38.7. The van der Waals surface area contributed by atoms with E-state index in [0.29, 0.717) is 0 Å². The first-order valence-electron chi connectivity index (χ1n) is 44.3. The number of thiophene rings is 2. The molecule has 0 bridgehead atoms. The molecular weight excluding hydrogens is 1380 g/mol. The van der Waals surface area contributed by atoms with Crippen LogP contribution in [0.4, 0.5) is 0 Å². The number of hydrogen-bond donors (Lipinski definition) is 0. The number of rotatable bonds is 59.